The SMILES string of the molecule is CNc1nc(N)nc2c1ncn2[C@@H]1O[C@H](C[P@@](=O)(N[C@@H](C)C(=O)OC(C)C)Oc2ccccc2)C(O)[C@@]1(C)F. The number of hydrogen-bond acceptors (Lipinski definition) is 11. The van der Waals surface area contributed by atoms with Crippen LogP contribution in [0.5, 0.6) is 5.75 Å². The van der Waals surface area contributed by atoms with Gasteiger partial charge in [0.25, 0.3) is 0 Å². The lowest BCUT2D eigenvalue weighted by atomic mass is 9.99. The number of nitrogens with zero attached hydrogens (tertiary/aromatic N) is 4. The van der Waals surface area contributed by atoms with E-state index in [1.807, 2.05) is 0 Å². The second kappa shape index (κ2) is 11.0. The Kier molecular flexibility index (Phi) is 8.12. The molecule has 39 heavy (non-hydrogen) atoms. The van der Waals surface area contributed by atoms with E-state index < -0.39 is 55.9 Å². The van der Waals surface area contributed by atoms with E-state index in [-0.39, 0.29) is 17.3 Å². The highest BCUT2D eigenvalue weighted by atomic mass is 31.2. The summed E-state index contributed by atoms with van der Waals surface area (Å²) < 4.78 is 48.5. The van der Waals surface area contributed by atoms with Crippen molar-refractivity contribution in [2.75, 3.05) is 24.3 Å². The van der Waals surface area contributed by atoms with Crippen molar-refractivity contribution in [3.63, 3.8) is 0 Å². The van der Waals surface area contributed by atoms with E-state index in [1.54, 1.807) is 51.2 Å². The lowest BCUT2D eigenvalue weighted by molar-refractivity contribution is -0.149. The van der Waals surface area contributed by atoms with Crippen molar-refractivity contribution in [1.82, 2.24) is 24.6 Å². The number of aliphatic hydroxyl groups excluding tert-OH is 1. The van der Waals surface area contributed by atoms with Crippen molar-refractivity contribution in [1.29, 1.82) is 0 Å². The highest BCUT2D eigenvalue weighted by Crippen LogP contribution is 2.50. The maximum absolute atomic E-state index is 16.1. The summed E-state index contributed by atoms with van der Waals surface area (Å²) in [4.78, 5) is 25.0. The molecule has 0 saturated carbocycles. The van der Waals surface area contributed by atoms with Crippen molar-refractivity contribution in [3.8, 4) is 5.75 Å². The molecule has 0 bridgehead atoms. The van der Waals surface area contributed by atoms with Gasteiger partial charge < -0.3 is 30.2 Å². The molecule has 1 unspecified atom stereocenters. The first-order valence-electron chi connectivity index (χ1n) is 12.4. The Hall–Kier alpha value is -3.32. The topological polar surface area (TPSA) is 176 Å². The van der Waals surface area contributed by atoms with Crippen molar-refractivity contribution >= 4 is 36.4 Å². The fourth-order valence-corrected chi connectivity index (χ4v) is 6.48. The molecule has 1 aliphatic rings. The molecule has 1 aliphatic heterocycles. The second-order valence-corrected chi connectivity index (χ2v) is 11.9. The standard InChI is InChI=1S/C24H33FN7O6P/c1-13(2)36-21(34)14(3)31-39(35,38-15-9-7-6-8-10-15)11-16-18(33)24(4,25)22(37-16)32-12-28-17-19(27-5)29-23(26)30-20(17)32/h6-10,12-14,16,18,22,33H,11H2,1-5H3,(H,31,35)(H3,26,27,29,30)/t14-,16+,18?,22+,24+,39-/m0/s1. The van der Waals surface area contributed by atoms with Crippen LogP contribution in [0, 0.1) is 0 Å². The monoisotopic (exact) mass is 565 g/mol. The van der Waals surface area contributed by atoms with Crippen LogP contribution >= 0.6 is 7.52 Å². The van der Waals surface area contributed by atoms with Crippen LogP contribution in [-0.4, -0.2) is 73.8 Å². The highest BCUT2D eigenvalue weighted by Gasteiger charge is 2.57. The summed E-state index contributed by atoms with van der Waals surface area (Å²) >= 11 is 0. The number of para-hydroxylation sites is 1. The average molecular weight is 566 g/mol. The van der Waals surface area contributed by atoms with Gasteiger partial charge in [-0.25, -0.2) is 14.5 Å². The summed E-state index contributed by atoms with van der Waals surface area (Å²) in [5.74, 6) is -0.140. The Labute approximate surface area is 224 Å². The van der Waals surface area contributed by atoms with Crippen LogP contribution in [0.15, 0.2) is 36.7 Å². The Morgan fingerprint density at radius 3 is 2.64 bits per heavy atom. The summed E-state index contributed by atoms with van der Waals surface area (Å²) in [5.41, 5.74) is 3.96. The zero-order valence-corrected chi connectivity index (χ0v) is 23.1. The summed E-state index contributed by atoms with van der Waals surface area (Å²) in [6.07, 6.45) is -4.00. The Bertz CT molecular complexity index is 1370. The maximum atomic E-state index is 16.1. The number of fused-ring (bicyclic) bond motifs is 1. The minimum absolute atomic E-state index is 0.0727. The maximum Gasteiger partial charge on any atom is 0.323 e. The molecule has 1 fully saturated rings. The van der Waals surface area contributed by atoms with Gasteiger partial charge in [0.15, 0.2) is 28.9 Å². The van der Waals surface area contributed by atoms with Gasteiger partial charge in [-0.3, -0.25) is 13.9 Å². The van der Waals surface area contributed by atoms with Crippen LogP contribution in [0.25, 0.3) is 11.2 Å². The number of benzene rings is 1. The van der Waals surface area contributed by atoms with Gasteiger partial charge in [-0.05, 0) is 39.8 Å². The molecule has 15 heteroatoms. The van der Waals surface area contributed by atoms with E-state index >= 15 is 4.39 Å². The fraction of sp³-hybridized carbons (Fsp3) is 0.500. The first-order valence-corrected chi connectivity index (χ1v) is 14.2. The van der Waals surface area contributed by atoms with Gasteiger partial charge in [-0.1, -0.05) is 18.2 Å². The molecule has 1 saturated heterocycles. The molecule has 0 amide bonds. The number of esters is 1. The normalized spacial score (nSPS) is 25.4. The molecule has 212 valence electrons. The lowest BCUT2D eigenvalue weighted by Crippen LogP contribution is -2.42. The number of alkyl halides is 1. The van der Waals surface area contributed by atoms with E-state index in [0.717, 1.165) is 6.92 Å². The third-order valence-corrected chi connectivity index (χ3v) is 8.28. The number of rotatable bonds is 10. The zero-order valence-electron chi connectivity index (χ0n) is 22.2. The summed E-state index contributed by atoms with van der Waals surface area (Å²) in [6.45, 7) is 6.01. The summed E-state index contributed by atoms with van der Waals surface area (Å²) in [6, 6.07) is 7.25. The van der Waals surface area contributed by atoms with E-state index in [2.05, 4.69) is 25.4 Å². The lowest BCUT2D eigenvalue weighted by Gasteiger charge is -2.27. The van der Waals surface area contributed by atoms with Crippen molar-refractivity contribution < 1.29 is 32.9 Å². The van der Waals surface area contributed by atoms with Crippen LogP contribution in [0.2, 0.25) is 0 Å². The van der Waals surface area contributed by atoms with Gasteiger partial charge in [0.2, 0.25) is 5.95 Å². The van der Waals surface area contributed by atoms with Gasteiger partial charge >= 0.3 is 13.5 Å². The molecule has 5 N–H and O–H groups in total. The van der Waals surface area contributed by atoms with Crippen molar-refractivity contribution in [2.24, 2.45) is 0 Å². The third-order valence-electron chi connectivity index (χ3n) is 6.16. The van der Waals surface area contributed by atoms with Gasteiger partial charge in [0, 0.05) is 7.05 Å². The number of imidazole rings is 1. The van der Waals surface area contributed by atoms with E-state index in [0.29, 0.717) is 11.3 Å². The zero-order chi connectivity index (χ0) is 28.5. The average Bonchev–Trinajstić information content (AvgIpc) is 3.37. The van der Waals surface area contributed by atoms with E-state index in [4.69, 9.17) is 19.7 Å². The predicted molar refractivity (Wildman–Crippen MR) is 142 cm³/mol. The minimum Gasteiger partial charge on any atom is -0.462 e. The van der Waals surface area contributed by atoms with E-state index in [9.17, 15) is 14.5 Å². The van der Waals surface area contributed by atoms with Crippen LogP contribution < -0.4 is 20.7 Å². The number of halogens is 1. The molecule has 0 spiro atoms. The molecule has 2 aromatic heterocycles. The van der Waals surface area contributed by atoms with Crippen LogP contribution in [0.3, 0.4) is 0 Å². The van der Waals surface area contributed by atoms with E-state index in [1.165, 1.54) is 17.8 Å². The molecule has 1 aromatic carbocycles. The molecule has 13 nitrogen and oxygen atoms in total. The number of nitrogens with one attached hydrogen (secondary N) is 2. The van der Waals surface area contributed by atoms with Gasteiger partial charge in [0.1, 0.15) is 24.0 Å². The number of nitrogen functional groups attached to an aromatic ring is 1. The Balaban J connectivity index is 1.64. The summed E-state index contributed by atoms with van der Waals surface area (Å²) in [5, 5.41) is 16.6. The molecular weight excluding hydrogens is 532 g/mol. The molecule has 3 heterocycles. The highest BCUT2D eigenvalue weighted by molar-refractivity contribution is 7.57. The van der Waals surface area contributed by atoms with Crippen LogP contribution in [-0.2, 0) is 18.8 Å². The molecule has 0 aliphatic carbocycles. The third kappa shape index (κ3) is 5.98. The molecule has 0 radical (unpaired) electrons. The first kappa shape index (κ1) is 28.7. The van der Waals surface area contributed by atoms with Crippen LogP contribution in [0.4, 0.5) is 16.2 Å². The molecule has 6 atom stereocenters. The molecule has 3 aromatic rings. The molecular formula is C24H33FN7O6P. The second-order valence-electron chi connectivity index (χ2n) is 9.72. The predicted octanol–water partition coefficient (Wildman–Crippen LogP) is 2.64. The molecule has 4 rings (SSSR count). The van der Waals surface area contributed by atoms with Crippen LogP contribution in [0.1, 0.15) is 33.9 Å². The van der Waals surface area contributed by atoms with Gasteiger partial charge in [-0.15, -0.1) is 0 Å². The number of hydrogen-bond donors (Lipinski definition) is 4. The first-order chi connectivity index (χ1) is 18.3. The Morgan fingerprint density at radius 2 is 2.00 bits per heavy atom. The van der Waals surface area contributed by atoms with Crippen molar-refractivity contribution in [2.45, 2.75) is 63.9 Å². The number of ether oxygens (including phenoxy) is 2. The summed E-state index contributed by atoms with van der Waals surface area (Å²) in [7, 11) is -2.37. The van der Waals surface area contributed by atoms with Gasteiger partial charge in [0.05, 0.1) is 18.6 Å². The fourth-order valence-electron chi connectivity index (χ4n) is 4.33. The number of anilines is 2. The van der Waals surface area contributed by atoms with Crippen molar-refractivity contribution in [3.05, 3.63) is 36.7 Å². The van der Waals surface area contributed by atoms with Gasteiger partial charge in [-0.2, -0.15) is 9.97 Å². The number of carbonyl (C=O) groups is 1. The number of aliphatic hydroxyl groups is 1. The minimum atomic E-state index is -3.99. The smallest absolute Gasteiger partial charge is 0.323 e. The largest absolute Gasteiger partial charge is 0.462 e. The number of nitrogens with two attached hydrogens (primary N) is 1. The number of aromatic nitrogens is 4. The Morgan fingerprint density at radius 1 is 1.31 bits per heavy atom. The quantitative estimate of drug-likeness (QED) is 0.209. The number of carbonyl (C=O) groups excluding carboxylic acids is 1.